The second-order valence-corrected chi connectivity index (χ2v) is 10.3. The highest BCUT2D eigenvalue weighted by Crippen LogP contribution is 2.47. The normalized spacial score (nSPS) is 16.3. The molecule has 0 aliphatic carbocycles. The average Bonchev–Trinajstić information content (AvgIpc) is 3.02. The number of carbonyl (C=O) groups excluding carboxylic acids is 1. The molecule has 1 atom stereocenters. The van der Waals surface area contributed by atoms with Crippen molar-refractivity contribution in [3.63, 3.8) is 0 Å². The van der Waals surface area contributed by atoms with Crippen molar-refractivity contribution in [2.45, 2.75) is 58.3 Å². The summed E-state index contributed by atoms with van der Waals surface area (Å²) in [5, 5.41) is 0. The van der Waals surface area contributed by atoms with Gasteiger partial charge in [-0.3, -0.25) is 4.79 Å². The largest absolute Gasteiger partial charge is 0.425 e. The van der Waals surface area contributed by atoms with Gasteiger partial charge in [-0.1, -0.05) is 108 Å². The highest BCUT2D eigenvalue weighted by molar-refractivity contribution is 5.90. The number of ether oxygens (including phenoxy) is 1. The summed E-state index contributed by atoms with van der Waals surface area (Å²) in [6.45, 7) is 13.1. The monoisotopic (exact) mass is 398 g/mol. The van der Waals surface area contributed by atoms with Gasteiger partial charge in [-0.15, -0.1) is 0 Å². The fraction of sp³-hybridized carbons (Fsp3) is 0.321. The molecular formula is C28H30O2. The van der Waals surface area contributed by atoms with Crippen LogP contribution in [0, 0.1) is 0 Å². The van der Waals surface area contributed by atoms with Gasteiger partial charge < -0.3 is 4.74 Å². The summed E-state index contributed by atoms with van der Waals surface area (Å²) in [7, 11) is 0. The standard InChI is InChI=1S/C28H30O2/c1-27(2,3)21-16-22-24(26(29)30-25(22)23(17-21)28(4,5)6)20-14-12-19(13-15-20)18-10-8-7-9-11-18/h7-17,24H,1-6H3. The second-order valence-electron chi connectivity index (χ2n) is 10.3. The third-order valence-electron chi connectivity index (χ3n) is 5.89. The SMILES string of the molecule is CC(C)(C)c1cc2c(c(C(C)(C)C)c1)OC(=O)C2c1ccc(-c2ccccc2)cc1. The van der Waals surface area contributed by atoms with E-state index in [9.17, 15) is 4.79 Å². The molecule has 1 unspecified atom stereocenters. The van der Waals surface area contributed by atoms with Crippen molar-refractivity contribution in [2.75, 3.05) is 0 Å². The molecule has 0 spiro atoms. The van der Waals surface area contributed by atoms with Crippen LogP contribution in [0.5, 0.6) is 5.75 Å². The smallest absolute Gasteiger partial charge is 0.323 e. The Morgan fingerprint density at radius 1 is 0.733 bits per heavy atom. The van der Waals surface area contributed by atoms with Crippen molar-refractivity contribution < 1.29 is 9.53 Å². The van der Waals surface area contributed by atoms with E-state index >= 15 is 0 Å². The van der Waals surface area contributed by atoms with Crippen LogP contribution in [0.15, 0.2) is 66.7 Å². The first-order chi connectivity index (χ1) is 14.1. The minimum absolute atomic E-state index is 0.0115. The van der Waals surface area contributed by atoms with Gasteiger partial charge >= 0.3 is 5.97 Å². The Hall–Kier alpha value is -2.87. The summed E-state index contributed by atoms with van der Waals surface area (Å²) in [5.74, 6) is 0.180. The number of hydrogen-bond donors (Lipinski definition) is 0. The van der Waals surface area contributed by atoms with Gasteiger partial charge in [-0.25, -0.2) is 0 Å². The molecule has 0 saturated carbocycles. The van der Waals surface area contributed by atoms with Crippen LogP contribution in [0.1, 0.15) is 69.7 Å². The zero-order valence-electron chi connectivity index (χ0n) is 18.7. The van der Waals surface area contributed by atoms with Gasteiger partial charge in [-0.05, 0) is 33.1 Å². The highest BCUT2D eigenvalue weighted by atomic mass is 16.5. The van der Waals surface area contributed by atoms with E-state index < -0.39 is 0 Å². The average molecular weight is 399 g/mol. The minimum atomic E-state index is -0.381. The second kappa shape index (κ2) is 7.12. The molecule has 0 N–H and O–H groups in total. The highest BCUT2D eigenvalue weighted by Gasteiger charge is 2.39. The summed E-state index contributed by atoms with van der Waals surface area (Å²) in [6, 6.07) is 23.0. The lowest BCUT2D eigenvalue weighted by atomic mass is 9.77. The summed E-state index contributed by atoms with van der Waals surface area (Å²) >= 11 is 0. The molecule has 4 rings (SSSR count). The fourth-order valence-corrected chi connectivity index (χ4v) is 4.07. The molecule has 0 bridgehead atoms. The molecule has 1 aliphatic heterocycles. The maximum atomic E-state index is 13.0. The van der Waals surface area contributed by atoms with Gasteiger partial charge in [0, 0.05) is 11.1 Å². The number of hydrogen-bond acceptors (Lipinski definition) is 2. The Labute approximate surface area is 179 Å². The third-order valence-corrected chi connectivity index (χ3v) is 5.89. The molecule has 0 saturated heterocycles. The topological polar surface area (TPSA) is 26.3 Å². The molecule has 1 aliphatic rings. The minimum Gasteiger partial charge on any atom is -0.425 e. The molecule has 0 aromatic heterocycles. The van der Waals surface area contributed by atoms with E-state index in [2.05, 4.69) is 90.1 Å². The van der Waals surface area contributed by atoms with E-state index in [1.165, 1.54) is 11.1 Å². The lowest BCUT2D eigenvalue weighted by molar-refractivity contribution is -0.133. The Morgan fingerprint density at radius 3 is 1.90 bits per heavy atom. The van der Waals surface area contributed by atoms with Crippen LogP contribution in [0.3, 0.4) is 0 Å². The van der Waals surface area contributed by atoms with Gasteiger partial charge in [0.25, 0.3) is 0 Å². The van der Waals surface area contributed by atoms with Crippen molar-refractivity contribution in [1.82, 2.24) is 0 Å². The lowest BCUT2D eigenvalue weighted by Crippen LogP contribution is -2.17. The summed E-state index contributed by atoms with van der Waals surface area (Å²) in [5.41, 5.74) is 6.49. The molecule has 30 heavy (non-hydrogen) atoms. The molecule has 154 valence electrons. The summed E-state index contributed by atoms with van der Waals surface area (Å²) in [4.78, 5) is 13.0. The Kier molecular flexibility index (Phi) is 4.85. The number of fused-ring (bicyclic) bond motifs is 1. The van der Waals surface area contributed by atoms with Crippen LogP contribution in [-0.2, 0) is 15.6 Å². The lowest BCUT2D eigenvalue weighted by Gasteiger charge is -2.27. The Morgan fingerprint density at radius 2 is 1.33 bits per heavy atom. The van der Waals surface area contributed by atoms with Gasteiger partial charge in [-0.2, -0.15) is 0 Å². The number of benzene rings is 3. The van der Waals surface area contributed by atoms with Crippen LogP contribution < -0.4 is 4.74 Å². The van der Waals surface area contributed by atoms with E-state index in [-0.39, 0.29) is 22.7 Å². The molecule has 0 amide bonds. The van der Waals surface area contributed by atoms with Crippen molar-refractivity contribution in [2.24, 2.45) is 0 Å². The maximum Gasteiger partial charge on any atom is 0.323 e. The van der Waals surface area contributed by atoms with Crippen molar-refractivity contribution in [3.05, 3.63) is 89.0 Å². The molecule has 2 heteroatoms. The van der Waals surface area contributed by atoms with Crippen LogP contribution in [0.4, 0.5) is 0 Å². The third kappa shape index (κ3) is 3.67. The zero-order chi connectivity index (χ0) is 21.7. The van der Waals surface area contributed by atoms with Crippen LogP contribution >= 0.6 is 0 Å². The molecule has 0 radical (unpaired) electrons. The molecule has 3 aromatic rings. The van der Waals surface area contributed by atoms with E-state index in [1.807, 2.05) is 18.2 Å². The number of rotatable bonds is 2. The van der Waals surface area contributed by atoms with Gasteiger partial charge in [0.15, 0.2) is 0 Å². The van der Waals surface area contributed by atoms with E-state index in [0.29, 0.717) is 0 Å². The van der Waals surface area contributed by atoms with Crippen molar-refractivity contribution >= 4 is 5.97 Å². The predicted octanol–water partition coefficient (Wildman–Crippen LogP) is 7.00. The van der Waals surface area contributed by atoms with Crippen LogP contribution in [0.25, 0.3) is 11.1 Å². The van der Waals surface area contributed by atoms with Crippen molar-refractivity contribution in [1.29, 1.82) is 0 Å². The molecule has 1 heterocycles. The predicted molar refractivity (Wildman–Crippen MR) is 123 cm³/mol. The van der Waals surface area contributed by atoms with Gasteiger partial charge in [0.1, 0.15) is 11.7 Å². The number of carbonyl (C=O) groups is 1. The fourth-order valence-electron chi connectivity index (χ4n) is 4.07. The Bertz CT molecular complexity index is 1080. The van der Waals surface area contributed by atoms with Gasteiger partial charge in [0.05, 0.1) is 0 Å². The molecule has 0 fully saturated rings. The first kappa shape index (κ1) is 20.4. The van der Waals surface area contributed by atoms with E-state index in [1.54, 1.807) is 0 Å². The van der Waals surface area contributed by atoms with Crippen LogP contribution in [0.2, 0.25) is 0 Å². The van der Waals surface area contributed by atoms with E-state index in [4.69, 9.17) is 4.74 Å². The van der Waals surface area contributed by atoms with E-state index in [0.717, 1.165) is 28.0 Å². The quantitative estimate of drug-likeness (QED) is 0.343. The first-order valence-corrected chi connectivity index (χ1v) is 10.6. The van der Waals surface area contributed by atoms with Crippen molar-refractivity contribution in [3.8, 4) is 16.9 Å². The number of esters is 1. The zero-order valence-corrected chi connectivity index (χ0v) is 18.7. The molecular weight excluding hydrogens is 368 g/mol. The summed E-state index contributed by atoms with van der Waals surface area (Å²) < 4.78 is 5.88. The molecule has 3 aromatic carbocycles. The maximum absolute atomic E-state index is 13.0. The van der Waals surface area contributed by atoms with Gasteiger partial charge in [0.2, 0.25) is 0 Å². The Balaban J connectivity index is 1.82. The molecule has 2 nitrogen and oxygen atoms in total. The first-order valence-electron chi connectivity index (χ1n) is 10.6. The summed E-state index contributed by atoms with van der Waals surface area (Å²) in [6.07, 6.45) is 0. The van der Waals surface area contributed by atoms with Crippen LogP contribution in [-0.4, -0.2) is 5.97 Å².